The molecule has 0 aliphatic rings. The highest BCUT2D eigenvalue weighted by atomic mass is 16.3. The number of benzene rings is 9. The molecule has 0 radical (unpaired) electrons. The molecule has 10 aromatic rings. The van der Waals surface area contributed by atoms with Gasteiger partial charge in [-0.1, -0.05) is 140 Å². The van der Waals surface area contributed by atoms with Gasteiger partial charge in [0.25, 0.3) is 0 Å². The molecule has 1 aromatic heterocycles. The van der Waals surface area contributed by atoms with E-state index in [1.807, 2.05) is 0 Å². The molecule has 1 heterocycles. The van der Waals surface area contributed by atoms with Gasteiger partial charge in [0.05, 0.1) is 0 Å². The summed E-state index contributed by atoms with van der Waals surface area (Å²) in [7, 11) is 0. The van der Waals surface area contributed by atoms with Gasteiger partial charge in [0.15, 0.2) is 0 Å². The molecule has 0 aliphatic heterocycles. The third-order valence-electron chi connectivity index (χ3n) is 9.59. The van der Waals surface area contributed by atoms with Crippen LogP contribution in [0.5, 0.6) is 0 Å². The molecule has 9 aromatic carbocycles. The SMILES string of the molecule is c1ccc(-c2c3ccccc3c(-c3cc(-c4ccc5ccccc5c4)c4oc5cccc6ccc3c4c65)c3ccccc23)cc1. The van der Waals surface area contributed by atoms with E-state index in [0.29, 0.717) is 0 Å². The number of furan rings is 1. The quantitative estimate of drug-likeness (QED) is 0.152. The second-order valence-electron chi connectivity index (χ2n) is 12.0. The van der Waals surface area contributed by atoms with E-state index in [1.165, 1.54) is 76.1 Å². The van der Waals surface area contributed by atoms with Crippen LogP contribution in [0.2, 0.25) is 0 Å². The first-order chi connectivity index (χ1) is 22.3. The molecule has 0 bridgehead atoms. The highest BCUT2D eigenvalue weighted by molar-refractivity contribution is 6.30. The molecule has 0 atom stereocenters. The Labute approximate surface area is 259 Å². The molecule has 0 fully saturated rings. The smallest absolute Gasteiger partial charge is 0.143 e. The third kappa shape index (κ3) is 3.50. The van der Waals surface area contributed by atoms with Gasteiger partial charge in [-0.15, -0.1) is 0 Å². The summed E-state index contributed by atoms with van der Waals surface area (Å²) in [6.07, 6.45) is 0. The molecule has 0 N–H and O–H groups in total. The lowest BCUT2D eigenvalue weighted by atomic mass is 9.83. The summed E-state index contributed by atoms with van der Waals surface area (Å²) in [6.45, 7) is 0. The van der Waals surface area contributed by atoms with Gasteiger partial charge < -0.3 is 4.42 Å². The standard InChI is InChI=1S/C44H26O/c1-2-12-28(13-3-1)40-32-16-6-8-18-34(32)42(35-19-9-7-17-33(35)40)38-26-37(31-22-21-27-11-4-5-14-30(27)25-31)44-43-36(38)24-23-29-15-10-20-39(45-44)41(29)43/h1-26H. The first kappa shape index (κ1) is 24.5. The molecule has 0 saturated carbocycles. The molecule has 10 rings (SSSR count). The summed E-state index contributed by atoms with van der Waals surface area (Å²) >= 11 is 0. The van der Waals surface area contributed by atoms with Crippen molar-refractivity contribution in [3.8, 4) is 33.4 Å². The first-order valence-corrected chi connectivity index (χ1v) is 15.5. The van der Waals surface area contributed by atoms with Gasteiger partial charge in [-0.2, -0.15) is 0 Å². The zero-order chi connectivity index (χ0) is 29.5. The van der Waals surface area contributed by atoms with Crippen molar-refractivity contribution in [3.63, 3.8) is 0 Å². The zero-order valence-electron chi connectivity index (χ0n) is 24.4. The number of hydrogen-bond acceptors (Lipinski definition) is 1. The van der Waals surface area contributed by atoms with Gasteiger partial charge in [0, 0.05) is 16.3 Å². The minimum Gasteiger partial charge on any atom is -0.455 e. The number of rotatable bonds is 3. The summed E-state index contributed by atoms with van der Waals surface area (Å²) in [4.78, 5) is 0. The van der Waals surface area contributed by atoms with Crippen LogP contribution in [0.15, 0.2) is 162 Å². The average Bonchev–Trinajstić information content (AvgIpc) is 3.50. The van der Waals surface area contributed by atoms with Crippen LogP contribution in [0.3, 0.4) is 0 Å². The largest absolute Gasteiger partial charge is 0.455 e. The Morgan fingerprint density at radius 2 is 0.956 bits per heavy atom. The summed E-state index contributed by atoms with van der Waals surface area (Å²) in [5, 5.41) is 12.3. The maximum atomic E-state index is 6.75. The van der Waals surface area contributed by atoms with E-state index in [0.717, 1.165) is 22.3 Å². The van der Waals surface area contributed by atoms with Crippen LogP contribution < -0.4 is 0 Å². The maximum absolute atomic E-state index is 6.75. The molecule has 0 amide bonds. The van der Waals surface area contributed by atoms with Crippen molar-refractivity contribution in [2.75, 3.05) is 0 Å². The molecular formula is C44H26O. The monoisotopic (exact) mass is 570 g/mol. The van der Waals surface area contributed by atoms with Gasteiger partial charge in [0.1, 0.15) is 11.2 Å². The van der Waals surface area contributed by atoms with E-state index in [1.54, 1.807) is 0 Å². The van der Waals surface area contributed by atoms with E-state index >= 15 is 0 Å². The topological polar surface area (TPSA) is 13.1 Å². The van der Waals surface area contributed by atoms with E-state index in [9.17, 15) is 0 Å². The van der Waals surface area contributed by atoms with Gasteiger partial charge in [-0.05, 0) is 89.1 Å². The van der Waals surface area contributed by atoms with Crippen molar-refractivity contribution in [3.05, 3.63) is 158 Å². The third-order valence-corrected chi connectivity index (χ3v) is 9.59. The minimum absolute atomic E-state index is 0.932. The Morgan fingerprint density at radius 1 is 0.333 bits per heavy atom. The van der Waals surface area contributed by atoms with Crippen LogP contribution in [-0.4, -0.2) is 0 Å². The second kappa shape index (κ2) is 9.29. The lowest BCUT2D eigenvalue weighted by molar-refractivity contribution is 0.670. The van der Waals surface area contributed by atoms with Crippen molar-refractivity contribution in [1.29, 1.82) is 0 Å². The molecule has 0 saturated heterocycles. The Morgan fingerprint density at radius 3 is 1.71 bits per heavy atom. The minimum atomic E-state index is 0.932. The molecule has 0 spiro atoms. The highest BCUT2D eigenvalue weighted by Gasteiger charge is 2.23. The van der Waals surface area contributed by atoms with Crippen molar-refractivity contribution in [2.24, 2.45) is 0 Å². The average molecular weight is 571 g/mol. The van der Waals surface area contributed by atoms with E-state index in [4.69, 9.17) is 4.42 Å². The number of hydrogen-bond donors (Lipinski definition) is 0. The predicted octanol–water partition coefficient (Wildman–Crippen LogP) is 12.6. The van der Waals surface area contributed by atoms with E-state index < -0.39 is 0 Å². The predicted molar refractivity (Wildman–Crippen MR) is 191 cm³/mol. The highest BCUT2D eigenvalue weighted by Crippen LogP contribution is 2.50. The van der Waals surface area contributed by atoms with E-state index in [-0.39, 0.29) is 0 Å². The molecular weight excluding hydrogens is 544 g/mol. The first-order valence-electron chi connectivity index (χ1n) is 15.5. The second-order valence-corrected chi connectivity index (χ2v) is 12.0. The lowest BCUT2D eigenvalue weighted by Crippen LogP contribution is -1.93. The van der Waals surface area contributed by atoms with Gasteiger partial charge in [-0.3, -0.25) is 0 Å². The Balaban J connectivity index is 1.40. The van der Waals surface area contributed by atoms with Gasteiger partial charge >= 0.3 is 0 Å². The summed E-state index contributed by atoms with van der Waals surface area (Å²) in [6, 6.07) is 57.3. The zero-order valence-corrected chi connectivity index (χ0v) is 24.4. The van der Waals surface area contributed by atoms with E-state index in [2.05, 4.69) is 158 Å². The van der Waals surface area contributed by atoms with Gasteiger partial charge in [-0.25, -0.2) is 0 Å². The molecule has 0 aliphatic carbocycles. The molecule has 1 heteroatoms. The fourth-order valence-electron chi connectivity index (χ4n) is 7.64. The molecule has 45 heavy (non-hydrogen) atoms. The maximum Gasteiger partial charge on any atom is 0.143 e. The Hall–Kier alpha value is -5.92. The van der Waals surface area contributed by atoms with Gasteiger partial charge in [0.2, 0.25) is 0 Å². The van der Waals surface area contributed by atoms with Crippen molar-refractivity contribution in [1.82, 2.24) is 0 Å². The molecule has 1 nitrogen and oxygen atoms in total. The fraction of sp³-hybridized carbons (Fsp3) is 0. The van der Waals surface area contributed by atoms with Crippen molar-refractivity contribution in [2.45, 2.75) is 0 Å². The summed E-state index contributed by atoms with van der Waals surface area (Å²) < 4.78 is 6.75. The Kier molecular flexibility index (Phi) is 5.06. The van der Waals surface area contributed by atoms with Crippen LogP contribution in [-0.2, 0) is 0 Å². The lowest BCUT2D eigenvalue weighted by Gasteiger charge is -2.20. The fourth-order valence-corrected chi connectivity index (χ4v) is 7.64. The summed E-state index contributed by atoms with van der Waals surface area (Å²) in [5.74, 6) is 0. The van der Waals surface area contributed by atoms with Crippen LogP contribution in [0.4, 0.5) is 0 Å². The van der Waals surface area contributed by atoms with Crippen LogP contribution in [0, 0.1) is 0 Å². The van der Waals surface area contributed by atoms with Crippen LogP contribution >= 0.6 is 0 Å². The van der Waals surface area contributed by atoms with Crippen molar-refractivity contribution < 1.29 is 4.42 Å². The normalized spacial score (nSPS) is 12.0. The van der Waals surface area contributed by atoms with Crippen LogP contribution in [0.1, 0.15) is 0 Å². The summed E-state index contributed by atoms with van der Waals surface area (Å²) in [5.41, 5.74) is 9.16. The molecule has 0 unspecified atom stereocenters. The molecule has 208 valence electrons. The Bertz CT molecular complexity index is 2690. The number of fused-ring (bicyclic) bond motifs is 3. The van der Waals surface area contributed by atoms with Crippen molar-refractivity contribution >= 4 is 65.0 Å². The van der Waals surface area contributed by atoms with Crippen LogP contribution in [0.25, 0.3) is 98.4 Å².